The molecule has 0 unspecified atom stereocenters. The van der Waals surface area contributed by atoms with E-state index in [0.717, 1.165) is 11.0 Å². The van der Waals surface area contributed by atoms with Crippen molar-refractivity contribution in [2.45, 2.75) is 6.92 Å². The van der Waals surface area contributed by atoms with Crippen molar-refractivity contribution in [3.8, 4) is 0 Å². The molecule has 0 heterocycles. The molecule has 0 saturated heterocycles. The van der Waals surface area contributed by atoms with Gasteiger partial charge in [-0.05, 0) is 5.56 Å². The molecule has 0 atom stereocenters. The van der Waals surface area contributed by atoms with Crippen LogP contribution in [0.4, 0.5) is 0 Å². The second-order valence-electron chi connectivity index (χ2n) is 2.30. The standard InChI is InChI=1S/C9H9B/c1-8(10)7-9-5-3-2-4-6-9/h2-7H,1H3. The van der Waals surface area contributed by atoms with Crippen LogP contribution < -0.4 is 0 Å². The van der Waals surface area contributed by atoms with E-state index >= 15 is 0 Å². The van der Waals surface area contributed by atoms with Gasteiger partial charge in [-0.1, -0.05) is 43.3 Å². The van der Waals surface area contributed by atoms with E-state index in [1.807, 2.05) is 43.3 Å². The molecule has 48 valence electrons. The summed E-state index contributed by atoms with van der Waals surface area (Å²) in [6, 6.07) is 10.0. The van der Waals surface area contributed by atoms with Gasteiger partial charge in [0.15, 0.2) is 0 Å². The molecule has 0 aliphatic heterocycles. The van der Waals surface area contributed by atoms with E-state index in [1.165, 1.54) is 0 Å². The molecule has 0 aromatic heterocycles. The van der Waals surface area contributed by atoms with Crippen molar-refractivity contribution in [1.82, 2.24) is 0 Å². The van der Waals surface area contributed by atoms with Crippen LogP contribution in [0.25, 0.3) is 6.08 Å². The molecule has 0 saturated carbocycles. The highest BCUT2D eigenvalue weighted by molar-refractivity contribution is 6.23. The molecule has 0 aliphatic rings. The van der Waals surface area contributed by atoms with Crippen LogP contribution in [0.1, 0.15) is 12.5 Å². The Kier molecular flexibility index (Phi) is 2.32. The van der Waals surface area contributed by atoms with Crippen LogP contribution in [-0.4, -0.2) is 7.85 Å². The maximum atomic E-state index is 5.49. The van der Waals surface area contributed by atoms with E-state index in [9.17, 15) is 0 Å². The predicted molar refractivity (Wildman–Crippen MR) is 45.8 cm³/mol. The molecule has 10 heavy (non-hydrogen) atoms. The molecular formula is C9H9B. The molecule has 0 aliphatic carbocycles. The van der Waals surface area contributed by atoms with E-state index < -0.39 is 0 Å². The lowest BCUT2D eigenvalue weighted by Crippen LogP contribution is -1.73. The molecule has 0 bridgehead atoms. The van der Waals surface area contributed by atoms with Gasteiger partial charge in [-0.25, -0.2) is 0 Å². The number of hydrogen-bond donors (Lipinski definition) is 0. The summed E-state index contributed by atoms with van der Waals surface area (Å²) < 4.78 is 0. The lowest BCUT2D eigenvalue weighted by atomic mass is 9.96. The van der Waals surface area contributed by atoms with Crippen molar-refractivity contribution < 1.29 is 0 Å². The van der Waals surface area contributed by atoms with E-state index in [-0.39, 0.29) is 0 Å². The highest BCUT2D eigenvalue weighted by atomic mass is 13.9. The molecule has 0 spiro atoms. The number of benzene rings is 1. The monoisotopic (exact) mass is 128 g/mol. The lowest BCUT2D eigenvalue weighted by Gasteiger charge is -1.91. The van der Waals surface area contributed by atoms with Crippen molar-refractivity contribution in [3.05, 3.63) is 41.4 Å². The maximum Gasteiger partial charge on any atom is 0.107 e. The molecule has 1 aromatic carbocycles. The summed E-state index contributed by atoms with van der Waals surface area (Å²) in [4.78, 5) is 0. The van der Waals surface area contributed by atoms with Crippen molar-refractivity contribution in [1.29, 1.82) is 0 Å². The van der Waals surface area contributed by atoms with Gasteiger partial charge in [0.2, 0.25) is 0 Å². The average Bonchev–Trinajstić information content (AvgIpc) is 1.88. The summed E-state index contributed by atoms with van der Waals surface area (Å²) in [5.41, 5.74) is 1.99. The first-order valence-corrected chi connectivity index (χ1v) is 3.28. The molecule has 1 aromatic rings. The highest BCUT2D eigenvalue weighted by Crippen LogP contribution is 2.02. The predicted octanol–water partition coefficient (Wildman–Crippen LogP) is 2.22. The molecule has 0 fully saturated rings. The van der Waals surface area contributed by atoms with Crippen LogP contribution in [0.5, 0.6) is 0 Å². The summed E-state index contributed by atoms with van der Waals surface area (Å²) in [6.07, 6.45) is 1.94. The van der Waals surface area contributed by atoms with Gasteiger partial charge < -0.3 is 0 Å². The quantitative estimate of drug-likeness (QED) is 0.508. The summed E-state index contributed by atoms with van der Waals surface area (Å²) in [7, 11) is 5.49. The maximum absolute atomic E-state index is 5.49. The lowest BCUT2D eigenvalue weighted by molar-refractivity contribution is 1.62. The Morgan fingerprint density at radius 1 is 1.30 bits per heavy atom. The molecule has 2 radical (unpaired) electrons. The van der Waals surface area contributed by atoms with Crippen LogP contribution in [0.15, 0.2) is 35.8 Å². The Bertz CT molecular complexity index is 220. The first-order valence-electron chi connectivity index (χ1n) is 3.28. The summed E-state index contributed by atoms with van der Waals surface area (Å²) in [5, 5.41) is 0. The largest absolute Gasteiger partial charge is 0.120 e. The minimum Gasteiger partial charge on any atom is -0.120 e. The van der Waals surface area contributed by atoms with E-state index in [2.05, 4.69) is 0 Å². The minimum atomic E-state index is 0.839. The van der Waals surface area contributed by atoms with Crippen molar-refractivity contribution >= 4 is 13.9 Å². The fraction of sp³-hybridized carbons (Fsp3) is 0.111. The molecule has 1 rings (SSSR count). The van der Waals surface area contributed by atoms with Gasteiger partial charge in [-0.2, -0.15) is 0 Å². The Balaban J connectivity index is 2.87. The third-order valence-corrected chi connectivity index (χ3v) is 1.19. The molecule has 0 nitrogen and oxygen atoms in total. The number of rotatable bonds is 1. The first kappa shape index (κ1) is 7.14. The van der Waals surface area contributed by atoms with Crippen LogP contribution >= 0.6 is 0 Å². The second-order valence-corrected chi connectivity index (χ2v) is 2.30. The van der Waals surface area contributed by atoms with Gasteiger partial charge in [0.25, 0.3) is 0 Å². The third-order valence-electron chi connectivity index (χ3n) is 1.19. The smallest absolute Gasteiger partial charge is 0.107 e. The summed E-state index contributed by atoms with van der Waals surface area (Å²) in [5.74, 6) is 0. The van der Waals surface area contributed by atoms with Gasteiger partial charge in [-0.15, -0.1) is 5.47 Å². The van der Waals surface area contributed by atoms with Crippen molar-refractivity contribution in [3.63, 3.8) is 0 Å². The minimum absolute atomic E-state index is 0.839. The van der Waals surface area contributed by atoms with E-state index in [1.54, 1.807) is 0 Å². The molecule has 1 heteroatoms. The van der Waals surface area contributed by atoms with Gasteiger partial charge in [0, 0.05) is 0 Å². The second kappa shape index (κ2) is 3.26. The number of allylic oxidation sites excluding steroid dienone is 1. The van der Waals surface area contributed by atoms with Gasteiger partial charge in [0.05, 0.1) is 0 Å². The molecule has 0 amide bonds. The van der Waals surface area contributed by atoms with Crippen molar-refractivity contribution in [2.75, 3.05) is 0 Å². The third kappa shape index (κ3) is 2.10. The van der Waals surface area contributed by atoms with Crippen LogP contribution in [0.3, 0.4) is 0 Å². The van der Waals surface area contributed by atoms with E-state index in [0.29, 0.717) is 0 Å². The highest BCUT2D eigenvalue weighted by Gasteiger charge is 1.81. The fourth-order valence-electron chi connectivity index (χ4n) is 0.812. The normalized spacial score (nSPS) is 11.5. The van der Waals surface area contributed by atoms with Gasteiger partial charge >= 0.3 is 0 Å². The Morgan fingerprint density at radius 2 is 1.90 bits per heavy atom. The Labute approximate surface area is 63.0 Å². The average molecular weight is 128 g/mol. The van der Waals surface area contributed by atoms with Crippen molar-refractivity contribution in [2.24, 2.45) is 0 Å². The van der Waals surface area contributed by atoms with E-state index in [4.69, 9.17) is 7.85 Å². The summed E-state index contributed by atoms with van der Waals surface area (Å²) >= 11 is 0. The SMILES string of the molecule is [B]C(C)=Cc1ccccc1. The van der Waals surface area contributed by atoms with Gasteiger partial charge in [0.1, 0.15) is 7.85 Å². The summed E-state index contributed by atoms with van der Waals surface area (Å²) in [6.45, 7) is 1.88. The fourth-order valence-corrected chi connectivity index (χ4v) is 0.812. The zero-order chi connectivity index (χ0) is 7.40. The zero-order valence-corrected chi connectivity index (χ0v) is 6.04. The topological polar surface area (TPSA) is 0 Å². The Hall–Kier alpha value is -0.975. The van der Waals surface area contributed by atoms with Crippen LogP contribution in [0.2, 0.25) is 0 Å². The first-order chi connectivity index (χ1) is 4.79. The number of hydrogen-bond acceptors (Lipinski definition) is 0. The van der Waals surface area contributed by atoms with Crippen LogP contribution in [-0.2, 0) is 0 Å². The Morgan fingerprint density at radius 3 is 2.40 bits per heavy atom. The molecular weight excluding hydrogens is 119 g/mol. The zero-order valence-electron chi connectivity index (χ0n) is 6.04. The van der Waals surface area contributed by atoms with Crippen LogP contribution in [0, 0.1) is 0 Å². The van der Waals surface area contributed by atoms with Gasteiger partial charge in [-0.3, -0.25) is 0 Å². The molecule has 0 N–H and O–H groups in total.